The smallest absolute Gasteiger partial charge is 0.308 e. The fraction of sp³-hybridized carbons (Fsp3) is 0.621. The van der Waals surface area contributed by atoms with Gasteiger partial charge >= 0.3 is 5.97 Å². The van der Waals surface area contributed by atoms with E-state index < -0.39 is 5.60 Å². The summed E-state index contributed by atoms with van der Waals surface area (Å²) in [6.07, 6.45) is 2.91. The topological polar surface area (TPSA) is 81.2 Å². The molecule has 3 heterocycles. The van der Waals surface area contributed by atoms with Crippen LogP contribution in [-0.2, 0) is 32.0 Å². The maximum absolute atomic E-state index is 12.9. The molecule has 2 aliphatic rings. The Morgan fingerprint density at radius 2 is 1.89 bits per heavy atom. The molecule has 1 aromatic carbocycles. The maximum atomic E-state index is 12.9. The fourth-order valence-corrected chi connectivity index (χ4v) is 5.63. The van der Waals surface area contributed by atoms with Crippen LogP contribution in [0.3, 0.4) is 0 Å². The summed E-state index contributed by atoms with van der Waals surface area (Å²) in [7, 11) is 0. The minimum absolute atomic E-state index is 0.0186. The van der Waals surface area contributed by atoms with Crippen molar-refractivity contribution in [3.05, 3.63) is 51.5 Å². The molecule has 0 aliphatic carbocycles. The van der Waals surface area contributed by atoms with Crippen LogP contribution in [0.25, 0.3) is 0 Å². The van der Waals surface area contributed by atoms with Gasteiger partial charge < -0.3 is 19.1 Å². The van der Waals surface area contributed by atoms with E-state index in [0.717, 1.165) is 43.9 Å². The molecular weight excluding hydrogens is 502 g/mol. The van der Waals surface area contributed by atoms with Crippen molar-refractivity contribution in [2.75, 3.05) is 46.0 Å². The van der Waals surface area contributed by atoms with Gasteiger partial charge in [0.1, 0.15) is 11.3 Å². The molecule has 2 aromatic rings. The predicted molar refractivity (Wildman–Crippen MR) is 147 cm³/mol. The van der Waals surface area contributed by atoms with Crippen molar-refractivity contribution in [2.24, 2.45) is 0 Å². The highest BCUT2D eigenvalue weighted by Gasteiger charge is 2.41. The minimum atomic E-state index is -0.462. The van der Waals surface area contributed by atoms with Crippen LogP contribution in [0, 0.1) is 6.92 Å². The van der Waals surface area contributed by atoms with E-state index >= 15 is 0 Å². The van der Waals surface area contributed by atoms with Gasteiger partial charge in [0, 0.05) is 31.6 Å². The first-order valence-corrected chi connectivity index (χ1v) is 14.4. The van der Waals surface area contributed by atoms with Crippen LogP contribution < -0.4 is 0 Å². The van der Waals surface area contributed by atoms with Crippen LogP contribution in [0.1, 0.15) is 66.7 Å². The number of esters is 1. The molecule has 38 heavy (non-hydrogen) atoms. The number of carbonyl (C=O) groups is 2. The number of likely N-dealkylation sites (tertiary alicyclic amines) is 1. The zero-order chi connectivity index (χ0) is 27.2. The number of amides is 1. The van der Waals surface area contributed by atoms with E-state index in [-0.39, 0.29) is 23.9 Å². The van der Waals surface area contributed by atoms with Gasteiger partial charge in [-0.2, -0.15) is 0 Å². The molecule has 1 spiro atoms. The van der Waals surface area contributed by atoms with Gasteiger partial charge in [-0.25, -0.2) is 4.98 Å². The number of benzene rings is 1. The van der Waals surface area contributed by atoms with Gasteiger partial charge in [0.2, 0.25) is 0 Å². The second kappa shape index (κ2) is 12.7. The number of carbonyl (C=O) groups excluding carboxylic acids is 2. The van der Waals surface area contributed by atoms with Gasteiger partial charge in [-0.05, 0) is 58.1 Å². The quantitative estimate of drug-likeness (QED) is 0.346. The molecule has 2 fully saturated rings. The SMILES string of the molecule is Cc1nc(C(=O)N2CCOC3(CCN(Cc4cccc(CCOCCC(=O)OC(C)(C)C)c4)CC3)C2)cs1. The first-order chi connectivity index (χ1) is 18.1. The average molecular weight is 544 g/mol. The third-order valence-electron chi connectivity index (χ3n) is 6.94. The molecule has 0 atom stereocenters. The first kappa shape index (κ1) is 28.7. The molecule has 0 unspecified atom stereocenters. The summed E-state index contributed by atoms with van der Waals surface area (Å²) < 4.78 is 17.3. The molecule has 2 saturated heterocycles. The Bertz CT molecular complexity index is 1090. The number of aryl methyl sites for hydroxylation is 1. The van der Waals surface area contributed by atoms with Gasteiger partial charge in [0.15, 0.2) is 0 Å². The summed E-state index contributed by atoms with van der Waals surface area (Å²) >= 11 is 1.51. The number of morpholine rings is 1. The molecule has 0 N–H and O–H groups in total. The summed E-state index contributed by atoms with van der Waals surface area (Å²) in [5.74, 6) is -0.208. The molecule has 8 nitrogen and oxygen atoms in total. The van der Waals surface area contributed by atoms with Crippen LogP contribution in [-0.4, -0.2) is 83.9 Å². The highest BCUT2D eigenvalue weighted by Crippen LogP contribution is 2.31. The fourth-order valence-electron chi connectivity index (χ4n) is 5.04. The Morgan fingerprint density at radius 3 is 2.61 bits per heavy atom. The average Bonchev–Trinajstić information content (AvgIpc) is 3.30. The van der Waals surface area contributed by atoms with Gasteiger partial charge in [0.25, 0.3) is 5.91 Å². The summed E-state index contributed by atoms with van der Waals surface area (Å²) in [5, 5.41) is 2.77. The summed E-state index contributed by atoms with van der Waals surface area (Å²) in [6.45, 7) is 13.1. The third-order valence-corrected chi connectivity index (χ3v) is 7.72. The van der Waals surface area contributed by atoms with Crippen molar-refractivity contribution in [3.63, 3.8) is 0 Å². The predicted octanol–water partition coefficient (Wildman–Crippen LogP) is 4.25. The summed E-state index contributed by atoms with van der Waals surface area (Å²) in [6, 6.07) is 8.64. The van der Waals surface area contributed by atoms with E-state index in [1.54, 1.807) is 0 Å². The van der Waals surface area contributed by atoms with Crippen LogP contribution in [0.5, 0.6) is 0 Å². The Labute approximate surface area is 230 Å². The van der Waals surface area contributed by atoms with E-state index in [0.29, 0.717) is 38.6 Å². The van der Waals surface area contributed by atoms with Crippen molar-refractivity contribution < 1.29 is 23.8 Å². The molecule has 1 aromatic heterocycles. The van der Waals surface area contributed by atoms with E-state index in [9.17, 15) is 9.59 Å². The Kier molecular flexibility index (Phi) is 9.57. The van der Waals surface area contributed by atoms with Crippen LogP contribution in [0.2, 0.25) is 0 Å². The molecule has 0 saturated carbocycles. The summed E-state index contributed by atoms with van der Waals surface area (Å²) in [5.41, 5.74) is 2.35. The highest BCUT2D eigenvalue weighted by atomic mass is 32.1. The van der Waals surface area contributed by atoms with E-state index in [2.05, 4.69) is 34.1 Å². The second-order valence-electron chi connectivity index (χ2n) is 11.3. The lowest BCUT2D eigenvalue weighted by Gasteiger charge is -2.47. The number of hydrogen-bond acceptors (Lipinski definition) is 8. The molecule has 2 aliphatic heterocycles. The first-order valence-electron chi connectivity index (χ1n) is 13.6. The molecule has 9 heteroatoms. The normalized spacial score (nSPS) is 18.1. The number of piperidine rings is 1. The Balaban J connectivity index is 1.19. The molecule has 4 rings (SSSR count). The second-order valence-corrected chi connectivity index (χ2v) is 12.4. The number of nitrogens with zero attached hydrogens (tertiary/aromatic N) is 3. The van der Waals surface area contributed by atoms with E-state index in [1.807, 2.05) is 38.0 Å². The van der Waals surface area contributed by atoms with Crippen molar-refractivity contribution in [1.29, 1.82) is 0 Å². The molecule has 1 amide bonds. The van der Waals surface area contributed by atoms with Crippen LogP contribution in [0.4, 0.5) is 0 Å². The number of rotatable bonds is 9. The number of ether oxygens (including phenoxy) is 3. The maximum Gasteiger partial charge on any atom is 0.308 e. The molecular formula is C29H41N3O5S. The zero-order valence-electron chi connectivity index (χ0n) is 23.2. The zero-order valence-corrected chi connectivity index (χ0v) is 24.0. The standard InChI is InChI=1S/C29H41N3O5S/c1-22-30-25(20-38-22)27(34)32-14-17-36-29(21-32)10-12-31(13-11-29)19-24-7-5-6-23(18-24)8-15-35-16-9-26(33)37-28(2,3)4/h5-7,18,20H,8-17,19,21H2,1-4H3. The number of thiazole rings is 1. The lowest BCUT2D eigenvalue weighted by molar-refractivity contribution is -0.156. The van der Waals surface area contributed by atoms with Gasteiger partial charge in [0.05, 0.1) is 43.4 Å². The molecule has 0 radical (unpaired) electrons. The van der Waals surface area contributed by atoms with Gasteiger partial charge in [-0.1, -0.05) is 24.3 Å². The Hall–Kier alpha value is -2.33. The number of hydrogen-bond donors (Lipinski definition) is 0. The van der Waals surface area contributed by atoms with Crippen molar-refractivity contribution >= 4 is 23.2 Å². The largest absolute Gasteiger partial charge is 0.460 e. The van der Waals surface area contributed by atoms with Crippen LogP contribution in [0.15, 0.2) is 29.6 Å². The van der Waals surface area contributed by atoms with Crippen LogP contribution >= 0.6 is 11.3 Å². The lowest BCUT2D eigenvalue weighted by atomic mass is 9.89. The Morgan fingerprint density at radius 1 is 1.13 bits per heavy atom. The van der Waals surface area contributed by atoms with Crippen molar-refractivity contribution in [2.45, 2.75) is 71.1 Å². The van der Waals surface area contributed by atoms with Crippen molar-refractivity contribution in [3.8, 4) is 0 Å². The highest BCUT2D eigenvalue weighted by molar-refractivity contribution is 7.09. The minimum Gasteiger partial charge on any atom is -0.460 e. The monoisotopic (exact) mass is 543 g/mol. The lowest BCUT2D eigenvalue weighted by Crippen LogP contribution is -2.58. The van der Waals surface area contributed by atoms with Crippen molar-refractivity contribution in [1.82, 2.24) is 14.8 Å². The third kappa shape index (κ3) is 8.33. The molecule has 208 valence electrons. The van der Waals surface area contributed by atoms with Gasteiger partial charge in [-0.15, -0.1) is 11.3 Å². The number of aromatic nitrogens is 1. The van der Waals surface area contributed by atoms with E-state index in [4.69, 9.17) is 14.2 Å². The van der Waals surface area contributed by atoms with E-state index in [1.165, 1.54) is 22.5 Å². The molecule has 0 bridgehead atoms. The van der Waals surface area contributed by atoms with Gasteiger partial charge in [-0.3, -0.25) is 14.5 Å². The summed E-state index contributed by atoms with van der Waals surface area (Å²) in [4.78, 5) is 33.5.